The van der Waals surface area contributed by atoms with Gasteiger partial charge in [0.2, 0.25) is 0 Å². The van der Waals surface area contributed by atoms with Crippen LogP contribution in [0.3, 0.4) is 0 Å². The molecule has 1 heterocycles. The number of amides is 1. The van der Waals surface area contributed by atoms with Crippen molar-refractivity contribution in [1.29, 1.82) is 0 Å². The molecule has 110 valence electrons. The van der Waals surface area contributed by atoms with Gasteiger partial charge in [0, 0.05) is 7.05 Å². The van der Waals surface area contributed by atoms with E-state index in [1.54, 1.807) is 20.0 Å². The van der Waals surface area contributed by atoms with Crippen LogP contribution >= 0.6 is 0 Å². The van der Waals surface area contributed by atoms with Gasteiger partial charge in [0.25, 0.3) is 5.91 Å². The molecule has 2 N–H and O–H groups in total. The van der Waals surface area contributed by atoms with Crippen LogP contribution in [0.4, 0.5) is 0 Å². The van der Waals surface area contributed by atoms with Crippen LogP contribution in [0.1, 0.15) is 48.8 Å². The molecular weight excluding hydrogens is 258 g/mol. The van der Waals surface area contributed by atoms with Gasteiger partial charge in [-0.3, -0.25) is 9.48 Å². The van der Waals surface area contributed by atoms with Crippen molar-refractivity contribution < 1.29 is 14.7 Å². The van der Waals surface area contributed by atoms with Crippen LogP contribution < -0.4 is 5.32 Å². The van der Waals surface area contributed by atoms with Crippen molar-refractivity contribution in [2.75, 3.05) is 0 Å². The smallest absolute Gasteiger partial charge is 0.329 e. The van der Waals surface area contributed by atoms with E-state index in [2.05, 4.69) is 10.4 Å². The van der Waals surface area contributed by atoms with Gasteiger partial charge in [0.1, 0.15) is 11.2 Å². The highest BCUT2D eigenvalue weighted by Crippen LogP contribution is 2.34. The van der Waals surface area contributed by atoms with Gasteiger partial charge in [0.15, 0.2) is 0 Å². The number of aryl methyl sites for hydroxylation is 2. The van der Waals surface area contributed by atoms with Gasteiger partial charge in [-0.25, -0.2) is 4.79 Å². The van der Waals surface area contributed by atoms with E-state index in [0.717, 1.165) is 25.0 Å². The number of aliphatic carboxylic acids is 1. The number of carboxylic acids is 1. The average Bonchev–Trinajstić information content (AvgIpc) is 2.71. The molecule has 0 spiro atoms. The predicted molar refractivity (Wildman–Crippen MR) is 73.4 cm³/mol. The Kier molecular flexibility index (Phi) is 3.83. The van der Waals surface area contributed by atoms with E-state index < -0.39 is 11.5 Å². The molecule has 0 aliphatic heterocycles. The lowest BCUT2D eigenvalue weighted by molar-refractivity contribution is -0.148. The summed E-state index contributed by atoms with van der Waals surface area (Å²) in [5, 5.41) is 16.5. The van der Waals surface area contributed by atoms with Crippen molar-refractivity contribution >= 4 is 11.9 Å². The third-order valence-electron chi connectivity index (χ3n) is 4.25. The number of aromatic nitrogens is 2. The van der Waals surface area contributed by atoms with Gasteiger partial charge >= 0.3 is 5.97 Å². The minimum atomic E-state index is -1.16. The fourth-order valence-corrected chi connectivity index (χ4v) is 2.99. The van der Waals surface area contributed by atoms with Crippen LogP contribution in [0.15, 0.2) is 6.07 Å². The van der Waals surface area contributed by atoms with Crippen molar-refractivity contribution in [2.24, 2.45) is 13.0 Å². The molecule has 2 rings (SSSR count). The second kappa shape index (κ2) is 5.26. The van der Waals surface area contributed by atoms with Crippen LogP contribution in [0.25, 0.3) is 0 Å². The third-order valence-corrected chi connectivity index (χ3v) is 4.25. The summed E-state index contributed by atoms with van der Waals surface area (Å²) in [4.78, 5) is 24.1. The summed E-state index contributed by atoms with van der Waals surface area (Å²) >= 11 is 0. The maximum Gasteiger partial charge on any atom is 0.329 e. The van der Waals surface area contributed by atoms with Crippen LogP contribution in [0, 0.1) is 12.8 Å². The standard InChI is InChI=1S/C14H21N3O3/c1-9-6-4-5-7-14(9,13(19)20)15-12(18)11-8-10(2)16-17(11)3/h8-9H,4-7H2,1-3H3,(H,15,18)(H,19,20). The minimum absolute atomic E-state index is 0.0768. The Balaban J connectivity index is 2.27. The largest absolute Gasteiger partial charge is 0.479 e. The summed E-state index contributed by atoms with van der Waals surface area (Å²) in [5.41, 5.74) is -0.0346. The molecule has 1 saturated carbocycles. The van der Waals surface area contributed by atoms with Gasteiger partial charge in [0.05, 0.1) is 5.69 Å². The molecule has 0 radical (unpaired) electrons. The molecule has 0 saturated heterocycles. The molecular formula is C14H21N3O3. The first-order valence-electron chi connectivity index (χ1n) is 6.93. The number of carboxylic acid groups (broad SMARTS) is 1. The Morgan fingerprint density at radius 2 is 2.20 bits per heavy atom. The zero-order chi connectivity index (χ0) is 14.9. The van der Waals surface area contributed by atoms with Crippen molar-refractivity contribution in [2.45, 2.75) is 45.1 Å². The normalized spacial score (nSPS) is 26.2. The summed E-state index contributed by atoms with van der Waals surface area (Å²) < 4.78 is 1.48. The van der Waals surface area contributed by atoms with E-state index in [1.165, 1.54) is 4.68 Å². The van der Waals surface area contributed by atoms with E-state index >= 15 is 0 Å². The third kappa shape index (κ3) is 2.42. The van der Waals surface area contributed by atoms with Crippen molar-refractivity contribution in [1.82, 2.24) is 15.1 Å². The summed E-state index contributed by atoms with van der Waals surface area (Å²) in [6.45, 7) is 3.69. The number of hydrogen-bond donors (Lipinski definition) is 2. The molecule has 6 heteroatoms. The lowest BCUT2D eigenvalue weighted by atomic mass is 9.73. The molecule has 0 aromatic carbocycles. The molecule has 6 nitrogen and oxygen atoms in total. The molecule has 1 fully saturated rings. The number of hydrogen-bond acceptors (Lipinski definition) is 3. The molecule has 0 bridgehead atoms. The van der Waals surface area contributed by atoms with Gasteiger partial charge in [-0.15, -0.1) is 0 Å². The Labute approximate surface area is 118 Å². The monoisotopic (exact) mass is 279 g/mol. The summed E-state index contributed by atoms with van der Waals surface area (Å²) in [7, 11) is 1.68. The lowest BCUT2D eigenvalue weighted by Gasteiger charge is -2.39. The predicted octanol–water partition coefficient (Wildman–Crippen LogP) is 1.49. The molecule has 1 aliphatic rings. The molecule has 2 atom stereocenters. The highest BCUT2D eigenvalue weighted by molar-refractivity contribution is 5.96. The molecule has 1 aromatic heterocycles. The second-order valence-electron chi connectivity index (χ2n) is 5.67. The summed E-state index contributed by atoms with van der Waals surface area (Å²) in [6, 6.07) is 1.67. The molecule has 1 aromatic rings. The Bertz CT molecular complexity index is 538. The SMILES string of the molecule is Cc1cc(C(=O)NC2(C(=O)O)CCCCC2C)n(C)n1. The first kappa shape index (κ1) is 14.6. The van der Waals surface area contributed by atoms with Crippen LogP contribution in [0.2, 0.25) is 0 Å². The number of nitrogens with zero attached hydrogens (tertiary/aromatic N) is 2. The highest BCUT2D eigenvalue weighted by atomic mass is 16.4. The summed E-state index contributed by atoms with van der Waals surface area (Å²) in [6.07, 6.45) is 3.13. The quantitative estimate of drug-likeness (QED) is 0.878. The Hall–Kier alpha value is -1.85. The first-order chi connectivity index (χ1) is 9.36. The minimum Gasteiger partial charge on any atom is -0.479 e. The zero-order valence-corrected chi connectivity index (χ0v) is 12.1. The van der Waals surface area contributed by atoms with Crippen molar-refractivity contribution in [3.8, 4) is 0 Å². The van der Waals surface area contributed by atoms with E-state index in [1.807, 2.05) is 6.92 Å². The van der Waals surface area contributed by atoms with Crippen LogP contribution in [0.5, 0.6) is 0 Å². The molecule has 2 unspecified atom stereocenters. The van der Waals surface area contributed by atoms with Gasteiger partial charge < -0.3 is 10.4 Å². The van der Waals surface area contributed by atoms with E-state index in [0.29, 0.717) is 12.1 Å². The van der Waals surface area contributed by atoms with Gasteiger partial charge in [-0.1, -0.05) is 19.8 Å². The topological polar surface area (TPSA) is 84.2 Å². The Morgan fingerprint density at radius 1 is 1.50 bits per heavy atom. The van der Waals surface area contributed by atoms with Crippen LogP contribution in [-0.4, -0.2) is 32.3 Å². The maximum atomic E-state index is 12.4. The Morgan fingerprint density at radius 3 is 2.70 bits per heavy atom. The van der Waals surface area contributed by atoms with E-state index in [9.17, 15) is 14.7 Å². The highest BCUT2D eigenvalue weighted by Gasteiger charge is 2.46. The first-order valence-corrected chi connectivity index (χ1v) is 6.93. The van der Waals surface area contributed by atoms with Crippen molar-refractivity contribution in [3.05, 3.63) is 17.5 Å². The van der Waals surface area contributed by atoms with Crippen LogP contribution in [-0.2, 0) is 11.8 Å². The van der Waals surface area contributed by atoms with Gasteiger partial charge in [-0.2, -0.15) is 5.10 Å². The lowest BCUT2D eigenvalue weighted by Crippen LogP contribution is -2.60. The summed E-state index contributed by atoms with van der Waals surface area (Å²) in [5.74, 6) is -1.40. The van der Waals surface area contributed by atoms with Gasteiger partial charge in [-0.05, 0) is 31.7 Å². The number of rotatable bonds is 3. The maximum absolute atomic E-state index is 12.4. The van der Waals surface area contributed by atoms with Crippen molar-refractivity contribution in [3.63, 3.8) is 0 Å². The number of nitrogens with one attached hydrogen (secondary N) is 1. The second-order valence-corrected chi connectivity index (χ2v) is 5.67. The number of carbonyl (C=O) groups excluding carboxylic acids is 1. The molecule has 1 amide bonds. The van der Waals surface area contributed by atoms with E-state index in [4.69, 9.17) is 0 Å². The molecule has 1 aliphatic carbocycles. The zero-order valence-electron chi connectivity index (χ0n) is 12.1. The fourth-order valence-electron chi connectivity index (χ4n) is 2.99. The average molecular weight is 279 g/mol. The van der Waals surface area contributed by atoms with E-state index in [-0.39, 0.29) is 11.8 Å². The molecule has 20 heavy (non-hydrogen) atoms. The number of carbonyl (C=O) groups is 2. The fraction of sp³-hybridized carbons (Fsp3) is 0.643.